The molecule has 0 saturated carbocycles. The number of carbonyl (C=O) groups is 2. The highest BCUT2D eigenvalue weighted by atomic mass is 32.1. The predicted octanol–water partition coefficient (Wildman–Crippen LogP) is 2.75. The Morgan fingerprint density at radius 2 is 1.77 bits per heavy atom. The Bertz CT molecular complexity index is 1030. The van der Waals surface area contributed by atoms with E-state index in [1.165, 1.54) is 18.4 Å². The largest absolute Gasteiger partial charge is 0.465 e. The number of carbonyl (C=O) groups excluding carboxylic acids is 2. The van der Waals surface area contributed by atoms with Crippen LogP contribution in [0.15, 0.2) is 54.2 Å². The van der Waals surface area contributed by atoms with Gasteiger partial charge in [0.2, 0.25) is 11.9 Å². The fourth-order valence-corrected chi connectivity index (χ4v) is 4.49. The third-order valence-corrected chi connectivity index (χ3v) is 5.99. The van der Waals surface area contributed by atoms with Crippen LogP contribution in [0.25, 0.3) is 11.1 Å². The number of piperazine rings is 1. The van der Waals surface area contributed by atoms with Crippen molar-refractivity contribution in [3.8, 4) is 11.1 Å². The zero-order valence-corrected chi connectivity index (χ0v) is 18.0. The van der Waals surface area contributed by atoms with Gasteiger partial charge in [-0.1, -0.05) is 30.3 Å². The molecule has 1 N–H and O–H groups in total. The number of thiophene rings is 1. The van der Waals surface area contributed by atoms with Gasteiger partial charge in [-0.3, -0.25) is 9.69 Å². The summed E-state index contributed by atoms with van der Waals surface area (Å²) in [6.45, 7) is 3.22. The molecule has 1 amide bonds. The maximum atomic E-state index is 12.7. The monoisotopic (exact) mass is 437 g/mol. The molecule has 31 heavy (non-hydrogen) atoms. The van der Waals surface area contributed by atoms with E-state index in [0.717, 1.165) is 37.3 Å². The van der Waals surface area contributed by atoms with Crippen molar-refractivity contribution in [2.24, 2.45) is 0 Å². The van der Waals surface area contributed by atoms with Crippen LogP contribution in [0.5, 0.6) is 0 Å². The summed E-state index contributed by atoms with van der Waals surface area (Å²) in [6, 6.07) is 11.4. The normalized spacial score (nSPS) is 14.3. The van der Waals surface area contributed by atoms with E-state index >= 15 is 0 Å². The lowest BCUT2D eigenvalue weighted by Gasteiger charge is -2.34. The van der Waals surface area contributed by atoms with Crippen LogP contribution in [0.2, 0.25) is 0 Å². The Morgan fingerprint density at radius 3 is 2.45 bits per heavy atom. The van der Waals surface area contributed by atoms with Crippen molar-refractivity contribution in [3.05, 3.63) is 59.7 Å². The molecule has 1 fully saturated rings. The van der Waals surface area contributed by atoms with Gasteiger partial charge in [-0.15, -0.1) is 11.3 Å². The second-order valence-corrected chi connectivity index (χ2v) is 7.95. The molecule has 1 aliphatic heterocycles. The molecule has 4 rings (SSSR count). The van der Waals surface area contributed by atoms with E-state index in [1.54, 1.807) is 18.5 Å². The maximum Gasteiger partial charge on any atom is 0.341 e. The minimum absolute atomic E-state index is 0.156. The van der Waals surface area contributed by atoms with Crippen molar-refractivity contribution in [3.63, 3.8) is 0 Å². The molecule has 2 aromatic heterocycles. The van der Waals surface area contributed by atoms with E-state index < -0.39 is 5.97 Å². The lowest BCUT2D eigenvalue weighted by Crippen LogP contribution is -2.49. The number of nitrogens with zero attached hydrogens (tertiary/aromatic N) is 4. The number of aromatic nitrogens is 2. The minimum Gasteiger partial charge on any atom is -0.465 e. The summed E-state index contributed by atoms with van der Waals surface area (Å²) in [4.78, 5) is 37.9. The fraction of sp³-hybridized carbons (Fsp3) is 0.273. The van der Waals surface area contributed by atoms with E-state index in [1.807, 2.05) is 35.7 Å². The molecule has 3 heterocycles. The summed E-state index contributed by atoms with van der Waals surface area (Å²) >= 11 is 1.33. The van der Waals surface area contributed by atoms with Gasteiger partial charge >= 0.3 is 5.97 Å². The first kappa shape index (κ1) is 21.0. The van der Waals surface area contributed by atoms with Gasteiger partial charge in [0.1, 0.15) is 10.6 Å². The average Bonchev–Trinajstić information content (AvgIpc) is 3.23. The molecule has 0 bridgehead atoms. The van der Waals surface area contributed by atoms with Gasteiger partial charge in [0.25, 0.3) is 0 Å². The molecule has 0 aliphatic carbocycles. The molecule has 0 unspecified atom stereocenters. The van der Waals surface area contributed by atoms with Gasteiger partial charge in [-0.05, 0) is 11.6 Å². The van der Waals surface area contributed by atoms with Crippen LogP contribution in [0.3, 0.4) is 0 Å². The molecule has 9 heteroatoms. The number of methoxy groups -OCH3 is 1. The molecule has 1 aromatic carbocycles. The highest BCUT2D eigenvalue weighted by Gasteiger charge is 2.24. The number of anilines is 2. The topological polar surface area (TPSA) is 87.7 Å². The van der Waals surface area contributed by atoms with Gasteiger partial charge < -0.3 is 15.0 Å². The highest BCUT2D eigenvalue weighted by molar-refractivity contribution is 7.15. The molecule has 0 spiro atoms. The van der Waals surface area contributed by atoms with Gasteiger partial charge in [0, 0.05) is 49.5 Å². The average molecular weight is 438 g/mol. The highest BCUT2D eigenvalue weighted by Crippen LogP contribution is 2.36. The van der Waals surface area contributed by atoms with Crippen molar-refractivity contribution in [2.45, 2.75) is 0 Å². The summed E-state index contributed by atoms with van der Waals surface area (Å²) in [5, 5.41) is 5.28. The smallest absolute Gasteiger partial charge is 0.341 e. The van der Waals surface area contributed by atoms with Crippen LogP contribution in [0.1, 0.15) is 10.4 Å². The first-order valence-corrected chi connectivity index (χ1v) is 10.8. The molecule has 1 aliphatic rings. The maximum absolute atomic E-state index is 12.7. The van der Waals surface area contributed by atoms with Crippen LogP contribution in [0.4, 0.5) is 10.9 Å². The van der Waals surface area contributed by atoms with Gasteiger partial charge in [0.15, 0.2) is 0 Å². The van der Waals surface area contributed by atoms with Gasteiger partial charge in [-0.2, -0.15) is 0 Å². The summed E-state index contributed by atoms with van der Waals surface area (Å²) in [5.41, 5.74) is 2.04. The Morgan fingerprint density at radius 1 is 1.06 bits per heavy atom. The SMILES string of the molecule is COC(=O)c1c(-c2ccccc2)csc1NC(=O)CN1CCN(c2ncccn2)CC1. The molecule has 0 radical (unpaired) electrons. The number of nitrogens with one attached hydrogen (secondary N) is 1. The van der Waals surface area contributed by atoms with Crippen molar-refractivity contribution in [1.29, 1.82) is 0 Å². The lowest BCUT2D eigenvalue weighted by atomic mass is 10.0. The molecule has 160 valence electrons. The van der Waals surface area contributed by atoms with Crippen LogP contribution in [-0.2, 0) is 9.53 Å². The first-order valence-electron chi connectivity index (χ1n) is 9.95. The summed E-state index contributed by atoms with van der Waals surface area (Å²) in [7, 11) is 1.34. The number of esters is 1. The minimum atomic E-state index is -0.466. The van der Waals surface area contributed by atoms with Crippen LogP contribution < -0.4 is 10.2 Å². The number of ether oxygens (including phenoxy) is 1. The Labute approximate surface area is 184 Å². The van der Waals surface area contributed by atoms with Gasteiger partial charge in [0.05, 0.1) is 13.7 Å². The summed E-state index contributed by atoms with van der Waals surface area (Å²) < 4.78 is 4.97. The first-order chi connectivity index (χ1) is 15.2. The number of hydrogen-bond acceptors (Lipinski definition) is 8. The predicted molar refractivity (Wildman–Crippen MR) is 120 cm³/mol. The zero-order chi connectivity index (χ0) is 21.6. The quantitative estimate of drug-likeness (QED) is 0.593. The van der Waals surface area contributed by atoms with E-state index in [9.17, 15) is 9.59 Å². The lowest BCUT2D eigenvalue weighted by molar-refractivity contribution is -0.117. The number of benzene rings is 1. The van der Waals surface area contributed by atoms with Crippen molar-refractivity contribution >= 4 is 34.2 Å². The molecular weight excluding hydrogens is 414 g/mol. The standard InChI is InChI=1S/C22H23N5O3S/c1-30-21(29)19-17(16-6-3-2-4-7-16)15-31-20(19)25-18(28)14-26-10-12-27(13-11-26)22-23-8-5-9-24-22/h2-9,15H,10-14H2,1H3,(H,25,28). The number of hydrogen-bond donors (Lipinski definition) is 1. The van der Waals surface area contributed by atoms with E-state index in [2.05, 4.69) is 25.1 Å². The molecule has 1 saturated heterocycles. The zero-order valence-electron chi connectivity index (χ0n) is 17.2. The summed E-state index contributed by atoms with van der Waals surface area (Å²) in [6.07, 6.45) is 3.46. The third kappa shape index (κ3) is 4.89. The van der Waals surface area contributed by atoms with Crippen molar-refractivity contribution in [2.75, 3.05) is 50.1 Å². The van der Waals surface area contributed by atoms with Crippen LogP contribution in [-0.4, -0.2) is 66.6 Å². The molecule has 3 aromatic rings. The van der Waals surface area contributed by atoms with Crippen molar-refractivity contribution < 1.29 is 14.3 Å². The molecule has 8 nitrogen and oxygen atoms in total. The fourth-order valence-electron chi connectivity index (χ4n) is 3.51. The molecule has 0 atom stereocenters. The van der Waals surface area contributed by atoms with E-state index in [-0.39, 0.29) is 12.5 Å². The second kappa shape index (κ2) is 9.67. The van der Waals surface area contributed by atoms with E-state index in [4.69, 9.17) is 4.74 Å². The summed E-state index contributed by atoms with van der Waals surface area (Å²) in [5.74, 6) is 0.0873. The second-order valence-electron chi connectivity index (χ2n) is 7.07. The Hall–Kier alpha value is -3.30. The van der Waals surface area contributed by atoms with Crippen LogP contribution >= 0.6 is 11.3 Å². The van der Waals surface area contributed by atoms with Crippen LogP contribution in [0, 0.1) is 0 Å². The van der Waals surface area contributed by atoms with Gasteiger partial charge in [-0.25, -0.2) is 14.8 Å². The Kier molecular flexibility index (Phi) is 6.54. The van der Waals surface area contributed by atoms with Crippen molar-refractivity contribution in [1.82, 2.24) is 14.9 Å². The number of rotatable bonds is 6. The third-order valence-electron chi connectivity index (χ3n) is 5.09. The number of amides is 1. The molecular formula is C22H23N5O3S. The van der Waals surface area contributed by atoms with E-state index in [0.29, 0.717) is 16.5 Å². The Balaban J connectivity index is 1.40.